The highest BCUT2D eigenvalue weighted by molar-refractivity contribution is 7.87. The summed E-state index contributed by atoms with van der Waals surface area (Å²) in [6.45, 7) is 3.84. The quantitative estimate of drug-likeness (QED) is 0.729. The second kappa shape index (κ2) is 7.22. The normalized spacial score (nSPS) is 14.9. The number of hydrogen-bond acceptors (Lipinski definition) is 4. The molecule has 0 aromatic rings. The van der Waals surface area contributed by atoms with Gasteiger partial charge in [0.2, 0.25) is 0 Å². The van der Waals surface area contributed by atoms with Crippen LogP contribution in [0.5, 0.6) is 0 Å². The Morgan fingerprint density at radius 2 is 1.64 bits per heavy atom. The molecule has 5 heteroatoms. The SMILES string of the molecule is CCC(OC)C(CC)OS(=O)(=O)c1ccc2cccccc1-2. The Hall–Kier alpha value is -1.43. The Morgan fingerprint density at radius 3 is 2.27 bits per heavy atom. The summed E-state index contributed by atoms with van der Waals surface area (Å²) in [5, 5.41) is 0. The van der Waals surface area contributed by atoms with Crippen LogP contribution in [0.15, 0.2) is 47.4 Å². The van der Waals surface area contributed by atoms with Gasteiger partial charge in [-0.2, -0.15) is 8.42 Å². The van der Waals surface area contributed by atoms with Gasteiger partial charge in [-0.25, -0.2) is 0 Å². The van der Waals surface area contributed by atoms with Gasteiger partial charge in [0.1, 0.15) is 11.0 Å². The van der Waals surface area contributed by atoms with Crippen molar-refractivity contribution in [2.24, 2.45) is 0 Å². The first-order valence-electron chi connectivity index (χ1n) is 7.47. The van der Waals surface area contributed by atoms with E-state index in [4.69, 9.17) is 8.92 Å². The zero-order valence-electron chi connectivity index (χ0n) is 13.2. The molecule has 0 spiro atoms. The summed E-state index contributed by atoms with van der Waals surface area (Å²) in [4.78, 5) is 0.211. The number of fused-ring (bicyclic) bond motifs is 1. The third kappa shape index (κ3) is 3.48. The average Bonchev–Trinajstić information content (AvgIpc) is 2.78. The Morgan fingerprint density at radius 1 is 0.955 bits per heavy atom. The first kappa shape index (κ1) is 16.9. The molecule has 0 N–H and O–H groups in total. The summed E-state index contributed by atoms with van der Waals surface area (Å²) in [6.07, 6.45) is 0.540. The molecule has 4 nitrogen and oxygen atoms in total. The molecule has 0 bridgehead atoms. The first-order valence-corrected chi connectivity index (χ1v) is 8.88. The fraction of sp³-hybridized carbons (Fsp3) is 0.412. The fourth-order valence-corrected chi connectivity index (χ4v) is 3.97. The number of methoxy groups -OCH3 is 1. The fourth-order valence-electron chi connectivity index (χ4n) is 2.59. The van der Waals surface area contributed by atoms with E-state index in [1.54, 1.807) is 25.3 Å². The second-order valence-corrected chi connectivity index (χ2v) is 6.70. The van der Waals surface area contributed by atoms with Crippen molar-refractivity contribution in [1.82, 2.24) is 0 Å². The van der Waals surface area contributed by atoms with Crippen molar-refractivity contribution in [1.29, 1.82) is 0 Å². The Balaban J connectivity index is 2.34. The molecule has 2 rings (SSSR count). The molecule has 120 valence electrons. The highest BCUT2D eigenvalue weighted by Gasteiger charge is 2.29. The van der Waals surface area contributed by atoms with Crippen LogP contribution in [-0.4, -0.2) is 27.7 Å². The maximum absolute atomic E-state index is 12.6. The third-order valence-corrected chi connectivity index (χ3v) is 5.19. The molecule has 0 aromatic carbocycles. The van der Waals surface area contributed by atoms with Crippen LogP contribution >= 0.6 is 0 Å². The number of ether oxygens (including phenoxy) is 1. The van der Waals surface area contributed by atoms with Crippen molar-refractivity contribution < 1.29 is 17.3 Å². The molecule has 0 saturated heterocycles. The van der Waals surface area contributed by atoms with Crippen molar-refractivity contribution >= 4 is 10.1 Å². The van der Waals surface area contributed by atoms with E-state index < -0.39 is 16.2 Å². The molecule has 0 fully saturated rings. The summed E-state index contributed by atoms with van der Waals surface area (Å²) in [7, 11) is -2.26. The number of rotatable bonds is 7. The van der Waals surface area contributed by atoms with Crippen LogP contribution in [0.4, 0.5) is 0 Å². The minimum Gasteiger partial charge on any atom is -0.379 e. The molecule has 0 radical (unpaired) electrons. The molecule has 2 atom stereocenters. The van der Waals surface area contributed by atoms with E-state index in [0.717, 1.165) is 5.56 Å². The van der Waals surface area contributed by atoms with Crippen LogP contribution in [0.2, 0.25) is 0 Å². The van der Waals surface area contributed by atoms with Gasteiger partial charge < -0.3 is 4.74 Å². The van der Waals surface area contributed by atoms with Crippen LogP contribution in [0.1, 0.15) is 26.7 Å². The lowest BCUT2D eigenvalue weighted by Crippen LogP contribution is -2.32. The van der Waals surface area contributed by atoms with Crippen molar-refractivity contribution in [3.63, 3.8) is 0 Å². The molecule has 0 aromatic heterocycles. The van der Waals surface area contributed by atoms with Crippen LogP contribution in [0.3, 0.4) is 0 Å². The summed E-state index contributed by atoms with van der Waals surface area (Å²) >= 11 is 0. The van der Waals surface area contributed by atoms with Crippen LogP contribution in [0.25, 0.3) is 11.1 Å². The summed E-state index contributed by atoms with van der Waals surface area (Å²) < 4.78 is 36.1. The second-order valence-electron chi connectivity index (χ2n) is 5.16. The largest absolute Gasteiger partial charge is 0.379 e. The van der Waals surface area contributed by atoms with Crippen molar-refractivity contribution in [2.75, 3.05) is 7.11 Å². The average molecular weight is 322 g/mol. The maximum Gasteiger partial charge on any atom is 0.297 e. The van der Waals surface area contributed by atoms with Gasteiger partial charge in [0.25, 0.3) is 10.1 Å². The monoisotopic (exact) mass is 322 g/mol. The van der Waals surface area contributed by atoms with Crippen LogP contribution in [0, 0.1) is 0 Å². The summed E-state index contributed by atoms with van der Waals surface area (Å²) in [5.41, 5.74) is 1.55. The smallest absolute Gasteiger partial charge is 0.297 e. The highest BCUT2D eigenvalue weighted by Crippen LogP contribution is 2.32. The maximum atomic E-state index is 12.6. The Kier molecular flexibility index (Phi) is 5.56. The van der Waals surface area contributed by atoms with Crippen molar-refractivity contribution in [2.45, 2.75) is 43.8 Å². The molecule has 2 aliphatic rings. The van der Waals surface area contributed by atoms with E-state index in [0.29, 0.717) is 18.4 Å². The lowest BCUT2D eigenvalue weighted by molar-refractivity contribution is 0.00152. The standard InChI is InChI=1S/C17H22O4S/c1-4-15(20-3)16(5-2)21-22(18,19)17-12-11-13-9-7-6-8-10-14(13)17/h6-12,15-16H,4-5H2,1-3H3. The molecule has 2 unspecified atom stereocenters. The van der Waals surface area contributed by atoms with Gasteiger partial charge in [-0.3, -0.25) is 4.18 Å². The van der Waals surface area contributed by atoms with Crippen LogP contribution in [-0.2, 0) is 19.0 Å². The first-order chi connectivity index (χ1) is 10.5. The Labute approximate surface area is 132 Å². The molecular weight excluding hydrogens is 300 g/mol. The van der Waals surface area contributed by atoms with E-state index in [2.05, 4.69) is 0 Å². The van der Waals surface area contributed by atoms with Crippen LogP contribution < -0.4 is 0 Å². The molecule has 0 heterocycles. The third-order valence-electron chi connectivity index (χ3n) is 3.79. The van der Waals surface area contributed by atoms with Gasteiger partial charge in [-0.05, 0) is 24.5 Å². The van der Waals surface area contributed by atoms with Crippen molar-refractivity contribution in [3.05, 3.63) is 42.5 Å². The van der Waals surface area contributed by atoms with Gasteiger partial charge in [-0.1, -0.05) is 50.2 Å². The van der Waals surface area contributed by atoms with Gasteiger partial charge in [0.15, 0.2) is 0 Å². The minimum atomic E-state index is -3.83. The lowest BCUT2D eigenvalue weighted by Gasteiger charge is -2.23. The molecule has 0 aliphatic heterocycles. The predicted octanol–water partition coefficient (Wildman–Crippen LogP) is 3.70. The molecular formula is C17H22O4S. The molecule has 0 saturated carbocycles. The van der Waals surface area contributed by atoms with E-state index >= 15 is 0 Å². The zero-order valence-corrected chi connectivity index (χ0v) is 14.0. The molecule has 22 heavy (non-hydrogen) atoms. The zero-order chi connectivity index (χ0) is 16.2. The minimum absolute atomic E-state index is 0.211. The van der Waals surface area contributed by atoms with Crippen molar-refractivity contribution in [3.8, 4) is 11.1 Å². The van der Waals surface area contributed by atoms with Gasteiger partial charge in [-0.15, -0.1) is 0 Å². The van der Waals surface area contributed by atoms with Gasteiger partial charge >= 0.3 is 0 Å². The summed E-state index contributed by atoms with van der Waals surface area (Å²) in [5.74, 6) is 0. The van der Waals surface area contributed by atoms with E-state index in [9.17, 15) is 8.42 Å². The highest BCUT2D eigenvalue weighted by atomic mass is 32.2. The van der Waals surface area contributed by atoms with E-state index in [1.807, 2.05) is 38.1 Å². The molecule has 0 amide bonds. The van der Waals surface area contributed by atoms with Gasteiger partial charge in [0.05, 0.1) is 6.10 Å². The predicted molar refractivity (Wildman–Crippen MR) is 86.5 cm³/mol. The van der Waals surface area contributed by atoms with E-state index in [-0.39, 0.29) is 11.0 Å². The van der Waals surface area contributed by atoms with Gasteiger partial charge in [0, 0.05) is 12.7 Å². The lowest BCUT2D eigenvalue weighted by atomic mass is 10.1. The summed E-state index contributed by atoms with van der Waals surface area (Å²) in [6, 6.07) is 12.6. The number of hydrogen-bond donors (Lipinski definition) is 0. The van der Waals surface area contributed by atoms with E-state index in [1.165, 1.54) is 0 Å². The topological polar surface area (TPSA) is 52.6 Å². The Bertz CT molecular complexity index is 677. The molecule has 2 aliphatic carbocycles.